The van der Waals surface area contributed by atoms with Crippen molar-refractivity contribution in [3.05, 3.63) is 29.8 Å². The molecular formula is C22H29N3O3. The molecule has 4 rings (SSSR count). The number of carbonyl (C=O) groups is 3. The molecule has 0 bridgehead atoms. The Hall–Kier alpha value is -2.37. The third kappa shape index (κ3) is 4.05. The molecule has 6 nitrogen and oxygen atoms in total. The van der Waals surface area contributed by atoms with Gasteiger partial charge in [0.05, 0.1) is 5.92 Å². The molecule has 2 heterocycles. The molecule has 1 aromatic rings. The number of hydrogen-bond acceptors (Lipinski definition) is 3. The summed E-state index contributed by atoms with van der Waals surface area (Å²) in [4.78, 5) is 41.5. The lowest BCUT2D eigenvalue weighted by Gasteiger charge is -2.31. The zero-order chi connectivity index (χ0) is 19.5. The Labute approximate surface area is 166 Å². The molecule has 1 unspecified atom stereocenters. The Kier molecular flexibility index (Phi) is 5.64. The molecular weight excluding hydrogens is 354 g/mol. The highest BCUT2D eigenvalue weighted by Gasteiger charge is 2.38. The van der Waals surface area contributed by atoms with Crippen molar-refractivity contribution in [3.8, 4) is 0 Å². The number of rotatable bonds is 4. The van der Waals surface area contributed by atoms with Crippen LogP contribution in [-0.4, -0.2) is 53.2 Å². The van der Waals surface area contributed by atoms with E-state index < -0.39 is 0 Å². The maximum Gasteiger partial charge on any atom is 0.253 e. The predicted octanol–water partition coefficient (Wildman–Crippen LogP) is 3.04. The van der Waals surface area contributed by atoms with Gasteiger partial charge in [-0.2, -0.15) is 0 Å². The van der Waals surface area contributed by atoms with Gasteiger partial charge < -0.3 is 15.1 Å². The monoisotopic (exact) mass is 383 g/mol. The van der Waals surface area contributed by atoms with E-state index in [0.29, 0.717) is 23.8 Å². The third-order valence-corrected chi connectivity index (χ3v) is 6.32. The summed E-state index contributed by atoms with van der Waals surface area (Å²) in [5.74, 6) is -0.317. The van der Waals surface area contributed by atoms with Crippen LogP contribution in [0.15, 0.2) is 24.3 Å². The summed E-state index contributed by atoms with van der Waals surface area (Å²) in [5, 5.41) is 2.93. The lowest BCUT2D eigenvalue weighted by atomic mass is 9.94. The number of carbonyl (C=O) groups excluding carboxylic acids is 3. The molecule has 6 heteroatoms. The van der Waals surface area contributed by atoms with Crippen LogP contribution in [0.3, 0.4) is 0 Å². The summed E-state index contributed by atoms with van der Waals surface area (Å²) >= 11 is 0. The third-order valence-electron chi connectivity index (χ3n) is 6.32. The predicted molar refractivity (Wildman–Crippen MR) is 107 cm³/mol. The van der Waals surface area contributed by atoms with Gasteiger partial charge >= 0.3 is 0 Å². The van der Waals surface area contributed by atoms with Crippen LogP contribution in [0.5, 0.6) is 0 Å². The molecule has 1 saturated carbocycles. The highest BCUT2D eigenvalue weighted by atomic mass is 16.2. The number of nitrogens with one attached hydrogen (secondary N) is 1. The van der Waals surface area contributed by atoms with Crippen LogP contribution in [0.4, 0.5) is 5.69 Å². The maximum atomic E-state index is 12.7. The van der Waals surface area contributed by atoms with E-state index in [1.807, 2.05) is 9.80 Å². The van der Waals surface area contributed by atoms with E-state index in [0.717, 1.165) is 38.8 Å². The first kappa shape index (κ1) is 19.0. The van der Waals surface area contributed by atoms with Crippen LogP contribution in [0.25, 0.3) is 0 Å². The maximum absolute atomic E-state index is 12.7. The van der Waals surface area contributed by atoms with Crippen molar-refractivity contribution < 1.29 is 14.4 Å². The van der Waals surface area contributed by atoms with Gasteiger partial charge in [-0.25, -0.2) is 0 Å². The molecule has 28 heavy (non-hydrogen) atoms. The summed E-state index contributed by atoms with van der Waals surface area (Å²) < 4.78 is 0. The van der Waals surface area contributed by atoms with Gasteiger partial charge in [0, 0.05) is 43.3 Å². The molecule has 1 atom stereocenters. The van der Waals surface area contributed by atoms with Crippen LogP contribution in [0.2, 0.25) is 0 Å². The molecule has 1 N–H and O–H groups in total. The van der Waals surface area contributed by atoms with E-state index in [1.54, 1.807) is 24.3 Å². The van der Waals surface area contributed by atoms with Gasteiger partial charge in [0.2, 0.25) is 11.8 Å². The van der Waals surface area contributed by atoms with Gasteiger partial charge in [-0.3, -0.25) is 14.4 Å². The second kappa shape index (κ2) is 8.33. The molecule has 0 aromatic heterocycles. The quantitative estimate of drug-likeness (QED) is 0.869. The molecule has 3 aliphatic rings. The Morgan fingerprint density at radius 1 is 1.00 bits per heavy atom. The summed E-state index contributed by atoms with van der Waals surface area (Å²) in [5.41, 5.74) is 1.23. The van der Waals surface area contributed by atoms with Crippen LogP contribution in [0.1, 0.15) is 61.7 Å². The summed E-state index contributed by atoms with van der Waals surface area (Å²) in [7, 11) is 0. The largest absolute Gasteiger partial charge is 0.339 e. The first-order valence-electron chi connectivity index (χ1n) is 10.6. The number of hydrogen-bond donors (Lipinski definition) is 1. The highest BCUT2D eigenvalue weighted by Crippen LogP contribution is 2.29. The Morgan fingerprint density at radius 3 is 2.50 bits per heavy atom. The molecule has 150 valence electrons. The van der Waals surface area contributed by atoms with Gasteiger partial charge in [0.1, 0.15) is 0 Å². The summed E-state index contributed by atoms with van der Waals surface area (Å²) in [6.07, 6.45) is 8.09. The van der Waals surface area contributed by atoms with Crippen LogP contribution in [-0.2, 0) is 9.59 Å². The standard InChI is InChI=1S/C22H29N3O3/c26-20-14-17(15-25(20)19-9-2-1-3-10-19)21(27)23-18-8-6-7-16(13-18)22(28)24-11-4-5-12-24/h6-8,13,17,19H,1-5,9-12,14-15H2,(H,23,27). The van der Waals surface area contributed by atoms with Crippen LogP contribution < -0.4 is 5.32 Å². The van der Waals surface area contributed by atoms with Gasteiger partial charge in [-0.05, 0) is 43.9 Å². The van der Waals surface area contributed by atoms with Crippen molar-refractivity contribution in [1.29, 1.82) is 0 Å². The molecule has 0 radical (unpaired) electrons. The number of anilines is 1. The van der Waals surface area contributed by atoms with Crippen molar-refractivity contribution in [3.63, 3.8) is 0 Å². The highest BCUT2D eigenvalue weighted by molar-refractivity contribution is 5.99. The van der Waals surface area contributed by atoms with E-state index in [4.69, 9.17) is 0 Å². The SMILES string of the molecule is O=C(Nc1cccc(C(=O)N2CCCC2)c1)C1CC(=O)N(C2CCCCC2)C1. The lowest BCUT2D eigenvalue weighted by Crippen LogP contribution is -2.38. The van der Waals surface area contributed by atoms with Crippen molar-refractivity contribution in [1.82, 2.24) is 9.80 Å². The average Bonchev–Trinajstić information content (AvgIpc) is 3.38. The van der Waals surface area contributed by atoms with E-state index in [1.165, 1.54) is 19.3 Å². The molecule has 1 aromatic carbocycles. The molecule has 3 fully saturated rings. The first-order chi connectivity index (χ1) is 13.6. The van der Waals surface area contributed by atoms with Crippen LogP contribution >= 0.6 is 0 Å². The average molecular weight is 383 g/mol. The minimum Gasteiger partial charge on any atom is -0.339 e. The Morgan fingerprint density at radius 2 is 1.75 bits per heavy atom. The van der Waals surface area contributed by atoms with E-state index in [9.17, 15) is 14.4 Å². The van der Waals surface area contributed by atoms with Gasteiger partial charge in [0.25, 0.3) is 5.91 Å². The second-order valence-corrected chi connectivity index (χ2v) is 8.31. The first-order valence-corrected chi connectivity index (χ1v) is 10.6. The van der Waals surface area contributed by atoms with E-state index in [-0.39, 0.29) is 30.1 Å². The summed E-state index contributed by atoms with van der Waals surface area (Å²) in [6.45, 7) is 2.12. The van der Waals surface area contributed by atoms with Gasteiger partial charge in [-0.15, -0.1) is 0 Å². The van der Waals surface area contributed by atoms with Crippen molar-refractivity contribution >= 4 is 23.4 Å². The number of benzene rings is 1. The second-order valence-electron chi connectivity index (χ2n) is 8.31. The van der Waals surface area contributed by atoms with Crippen LogP contribution in [0, 0.1) is 5.92 Å². The van der Waals surface area contributed by atoms with Crippen molar-refractivity contribution in [2.75, 3.05) is 25.0 Å². The molecule has 2 saturated heterocycles. The molecule has 1 aliphatic carbocycles. The minimum atomic E-state index is -0.313. The number of likely N-dealkylation sites (tertiary alicyclic amines) is 2. The van der Waals surface area contributed by atoms with Gasteiger partial charge in [-0.1, -0.05) is 25.3 Å². The van der Waals surface area contributed by atoms with Crippen molar-refractivity contribution in [2.24, 2.45) is 5.92 Å². The summed E-state index contributed by atoms with van der Waals surface area (Å²) in [6, 6.07) is 7.44. The fraction of sp³-hybridized carbons (Fsp3) is 0.591. The Balaban J connectivity index is 1.38. The smallest absolute Gasteiger partial charge is 0.253 e. The topological polar surface area (TPSA) is 69.7 Å². The zero-order valence-electron chi connectivity index (χ0n) is 16.4. The fourth-order valence-electron chi connectivity index (χ4n) is 4.73. The minimum absolute atomic E-state index is 0.0214. The normalized spacial score (nSPS) is 23.3. The Bertz CT molecular complexity index is 751. The fourth-order valence-corrected chi connectivity index (χ4v) is 4.73. The van der Waals surface area contributed by atoms with E-state index in [2.05, 4.69) is 5.32 Å². The molecule has 0 spiro atoms. The van der Waals surface area contributed by atoms with E-state index >= 15 is 0 Å². The van der Waals surface area contributed by atoms with Crippen molar-refractivity contribution in [2.45, 2.75) is 57.4 Å². The van der Waals surface area contributed by atoms with Gasteiger partial charge in [0.15, 0.2) is 0 Å². The molecule has 2 aliphatic heterocycles. The lowest BCUT2D eigenvalue weighted by molar-refractivity contribution is -0.130. The zero-order valence-corrected chi connectivity index (χ0v) is 16.4. The number of amides is 3. The molecule has 3 amide bonds. The number of nitrogens with zero attached hydrogens (tertiary/aromatic N) is 2.